The van der Waals surface area contributed by atoms with Crippen molar-refractivity contribution in [2.75, 3.05) is 13.1 Å². The number of nitrogens with zero attached hydrogens (tertiary/aromatic N) is 2. The molecule has 0 unspecified atom stereocenters. The lowest BCUT2D eigenvalue weighted by Crippen LogP contribution is -2.39. The van der Waals surface area contributed by atoms with Crippen LogP contribution in [0.1, 0.15) is 61.5 Å². The van der Waals surface area contributed by atoms with Gasteiger partial charge in [-0.15, -0.1) is 0 Å². The van der Waals surface area contributed by atoms with Crippen molar-refractivity contribution in [1.82, 2.24) is 15.6 Å². The molecule has 0 radical (unpaired) electrons. The molecule has 1 aromatic rings. The van der Waals surface area contributed by atoms with E-state index in [4.69, 9.17) is 11.6 Å². The number of aromatic nitrogens is 1. The highest BCUT2D eigenvalue weighted by molar-refractivity contribution is 6.30. The summed E-state index contributed by atoms with van der Waals surface area (Å²) in [5.74, 6) is 1.61. The number of hydrogen-bond donors (Lipinski definition) is 2. The highest BCUT2D eigenvalue weighted by Crippen LogP contribution is 2.24. The predicted octanol–water partition coefficient (Wildman–Crippen LogP) is 4.06. The molecule has 5 nitrogen and oxygen atoms in total. The van der Waals surface area contributed by atoms with Gasteiger partial charge < -0.3 is 10.6 Å². The third-order valence-corrected chi connectivity index (χ3v) is 5.62. The van der Waals surface area contributed by atoms with Crippen LogP contribution in [0.5, 0.6) is 0 Å². The molecule has 1 amide bonds. The second-order valence-electron chi connectivity index (χ2n) is 7.61. The number of carbonyl (C=O) groups is 1. The van der Waals surface area contributed by atoms with Crippen LogP contribution in [0, 0.1) is 12.8 Å². The number of amides is 1. The Morgan fingerprint density at radius 1 is 1.30 bits per heavy atom. The largest absolute Gasteiger partial charge is 0.370 e. The SMILES string of the molecule is CCCC1=CC(NCC2CCC(NC(=O)c3cc(Cl)cnc3C)CC2)=NC1. The van der Waals surface area contributed by atoms with Gasteiger partial charge in [0, 0.05) is 18.8 Å². The Morgan fingerprint density at radius 2 is 2.07 bits per heavy atom. The molecule has 2 N–H and O–H groups in total. The average molecular weight is 389 g/mol. The van der Waals surface area contributed by atoms with E-state index in [1.807, 2.05) is 6.92 Å². The second kappa shape index (κ2) is 9.36. The van der Waals surface area contributed by atoms with Crippen molar-refractivity contribution in [2.24, 2.45) is 10.9 Å². The molecule has 0 aromatic carbocycles. The summed E-state index contributed by atoms with van der Waals surface area (Å²) in [7, 11) is 0. The molecule has 2 heterocycles. The van der Waals surface area contributed by atoms with Gasteiger partial charge in [-0.2, -0.15) is 0 Å². The van der Waals surface area contributed by atoms with E-state index in [-0.39, 0.29) is 11.9 Å². The smallest absolute Gasteiger partial charge is 0.253 e. The fourth-order valence-electron chi connectivity index (χ4n) is 3.81. The van der Waals surface area contributed by atoms with Crippen molar-refractivity contribution in [3.8, 4) is 0 Å². The number of nitrogens with one attached hydrogen (secondary N) is 2. The molecule has 27 heavy (non-hydrogen) atoms. The number of halogens is 1. The van der Waals surface area contributed by atoms with E-state index in [2.05, 4.69) is 33.6 Å². The summed E-state index contributed by atoms with van der Waals surface area (Å²) in [6.45, 7) is 5.85. The minimum atomic E-state index is -0.0713. The van der Waals surface area contributed by atoms with Crippen molar-refractivity contribution < 1.29 is 4.79 Å². The van der Waals surface area contributed by atoms with Gasteiger partial charge in [0.05, 0.1) is 22.8 Å². The number of carbonyl (C=O) groups excluding carboxylic acids is 1. The fraction of sp³-hybridized carbons (Fsp3) is 0.571. The Labute approximate surface area is 166 Å². The molecule has 6 heteroatoms. The molecule has 0 saturated heterocycles. The first-order valence-electron chi connectivity index (χ1n) is 9.96. The maximum Gasteiger partial charge on any atom is 0.253 e. The number of hydrogen-bond acceptors (Lipinski definition) is 4. The van der Waals surface area contributed by atoms with Crippen LogP contribution in [-0.2, 0) is 0 Å². The van der Waals surface area contributed by atoms with Crippen LogP contribution in [0.4, 0.5) is 0 Å². The lowest BCUT2D eigenvalue weighted by Gasteiger charge is -2.29. The van der Waals surface area contributed by atoms with Crippen LogP contribution in [0.3, 0.4) is 0 Å². The Hall–Kier alpha value is -1.88. The third-order valence-electron chi connectivity index (χ3n) is 5.42. The van der Waals surface area contributed by atoms with E-state index in [0.717, 1.165) is 51.0 Å². The topological polar surface area (TPSA) is 66.4 Å². The van der Waals surface area contributed by atoms with Crippen LogP contribution in [0.2, 0.25) is 5.02 Å². The third kappa shape index (κ3) is 5.55. The summed E-state index contributed by atoms with van der Waals surface area (Å²) in [6.07, 6.45) is 10.3. The zero-order valence-electron chi connectivity index (χ0n) is 16.2. The van der Waals surface area contributed by atoms with Gasteiger partial charge in [-0.05, 0) is 62.7 Å². The van der Waals surface area contributed by atoms with Gasteiger partial charge in [0.1, 0.15) is 5.84 Å². The van der Waals surface area contributed by atoms with Crippen molar-refractivity contribution in [2.45, 2.75) is 58.4 Å². The molecule has 1 saturated carbocycles. The Balaban J connectivity index is 1.41. The zero-order valence-corrected chi connectivity index (χ0v) is 17.0. The number of aliphatic imine (C=N–C) groups is 1. The van der Waals surface area contributed by atoms with Gasteiger partial charge in [-0.3, -0.25) is 14.8 Å². The summed E-state index contributed by atoms with van der Waals surface area (Å²) >= 11 is 5.97. The Kier molecular flexibility index (Phi) is 6.89. The van der Waals surface area contributed by atoms with Gasteiger partial charge in [0.25, 0.3) is 5.91 Å². The van der Waals surface area contributed by atoms with Crippen LogP contribution in [0.25, 0.3) is 0 Å². The Bertz CT molecular complexity index is 736. The van der Waals surface area contributed by atoms with Crippen LogP contribution in [-0.4, -0.2) is 35.9 Å². The molecule has 1 aliphatic carbocycles. The quantitative estimate of drug-likeness (QED) is 0.772. The normalized spacial score (nSPS) is 22.2. The monoisotopic (exact) mass is 388 g/mol. The van der Waals surface area contributed by atoms with E-state index in [9.17, 15) is 4.79 Å². The molecule has 1 aromatic heterocycles. The molecular weight excluding hydrogens is 360 g/mol. The van der Waals surface area contributed by atoms with E-state index < -0.39 is 0 Å². The second-order valence-corrected chi connectivity index (χ2v) is 8.05. The summed E-state index contributed by atoms with van der Waals surface area (Å²) in [4.78, 5) is 21.2. The van der Waals surface area contributed by atoms with E-state index in [1.165, 1.54) is 12.0 Å². The van der Waals surface area contributed by atoms with Gasteiger partial charge in [-0.25, -0.2) is 0 Å². The molecule has 3 rings (SSSR count). The average Bonchev–Trinajstić information content (AvgIpc) is 3.11. The highest BCUT2D eigenvalue weighted by atomic mass is 35.5. The van der Waals surface area contributed by atoms with Crippen molar-refractivity contribution in [3.63, 3.8) is 0 Å². The lowest BCUT2D eigenvalue weighted by molar-refractivity contribution is 0.0921. The molecule has 1 aliphatic heterocycles. The maximum absolute atomic E-state index is 12.5. The first kappa shape index (κ1) is 19.9. The molecule has 0 atom stereocenters. The highest BCUT2D eigenvalue weighted by Gasteiger charge is 2.24. The Morgan fingerprint density at radius 3 is 2.81 bits per heavy atom. The molecule has 0 bridgehead atoms. The van der Waals surface area contributed by atoms with Gasteiger partial charge in [0.2, 0.25) is 0 Å². The van der Waals surface area contributed by atoms with Gasteiger partial charge in [-0.1, -0.05) is 24.9 Å². The van der Waals surface area contributed by atoms with E-state index >= 15 is 0 Å². The van der Waals surface area contributed by atoms with Crippen LogP contribution in [0.15, 0.2) is 28.9 Å². The van der Waals surface area contributed by atoms with Crippen molar-refractivity contribution in [3.05, 3.63) is 40.2 Å². The maximum atomic E-state index is 12.5. The minimum absolute atomic E-state index is 0.0713. The number of rotatable bonds is 6. The molecule has 0 spiro atoms. The van der Waals surface area contributed by atoms with Crippen molar-refractivity contribution >= 4 is 23.3 Å². The number of pyridine rings is 1. The van der Waals surface area contributed by atoms with E-state index in [1.54, 1.807) is 12.3 Å². The summed E-state index contributed by atoms with van der Waals surface area (Å²) in [6, 6.07) is 1.92. The zero-order chi connectivity index (χ0) is 19.2. The van der Waals surface area contributed by atoms with Crippen LogP contribution < -0.4 is 10.6 Å². The van der Waals surface area contributed by atoms with Crippen LogP contribution >= 0.6 is 11.6 Å². The molecule has 2 aliphatic rings. The summed E-state index contributed by atoms with van der Waals surface area (Å²) in [5.41, 5.74) is 2.71. The predicted molar refractivity (Wildman–Crippen MR) is 110 cm³/mol. The summed E-state index contributed by atoms with van der Waals surface area (Å²) in [5, 5.41) is 7.14. The first-order chi connectivity index (χ1) is 13.0. The fourth-order valence-corrected chi connectivity index (χ4v) is 3.97. The summed E-state index contributed by atoms with van der Waals surface area (Å²) < 4.78 is 0. The van der Waals surface area contributed by atoms with E-state index in [0.29, 0.717) is 22.2 Å². The van der Waals surface area contributed by atoms with Crippen molar-refractivity contribution in [1.29, 1.82) is 0 Å². The molecule has 146 valence electrons. The van der Waals surface area contributed by atoms with Gasteiger partial charge >= 0.3 is 0 Å². The lowest BCUT2D eigenvalue weighted by atomic mass is 9.86. The minimum Gasteiger partial charge on any atom is -0.370 e. The number of amidine groups is 1. The molecular formula is C21H29ClN4O. The van der Waals surface area contributed by atoms with Gasteiger partial charge in [0.15, 0.2) is 0 Å². The number of aryl methyl sites for hydroxylation is 1. The standard InChI is InChI=1S/C21H29ClN4O/c1-3-4-16-9-20(25-12-16)24-11-15-5-7-18(8-6-15)26-21(27)19-10-17(22)13-23-14(19)2/h9-10,13,15,18H,3-8,11-12H2,1-2H3,(H,24,25)(H,26,27). The molecule has 1 fully saturated rings. The first-order valence-corrected chi connectivity index (χ1v) is 10.3.